The third-order valence-corrected chi connectivity index (χ3v) is 1.38. The number of aliphatic carboxylic acids is 1. The molecule has 0 heterocycles. The molecule has 1 aromatic carbocycles. The van der Waals surface area contributed by atoms with Gasteiger partial charge in [0.05, 0.1) is 12.5 Å². The van der Waals surface area contributed by atoms with Crippen molar-refractivity contribution >= 4 is 11.8 Å². The summed E-state index contributed by atoms with van der Waals surface area (Å²) in [5, 5.41) is 9.92. The number of carboxylic acids is 1. The summed E-state index contributed by atoms with van der Waals surface area (Å²) in [6.07, 6.45) is 0.781. The highest BCUT2D eigenvalue weighted by molar-refractivity contribution is 5.87. The minimum Gasteiger partial charge on any atom is -0.545 e. The van der Waals surface area contributed by atoms with E-state index in [0.717, 1.165) is 11.6 Å². The standard InChI is InChI=1S/C10H9NO2/c12-10(13)6-7-11-8-9-4-2-1-3-5-9/h1-6H,8H2,(H,12,13)/p-1. The maximum Gasteiger partial charge on any atom is 0.0735 e. The molecular formula is C10H8NO2-. The number of hydrogen-bond acceptors (Lipinski definition) is 3. The Morgan fingerprint density at radius 1 is 1.46 bits per heavy atom. The normalized spacial score (nSPS) is 8.62. The first-order valence-electron chi connectivity index (χ1n) is 3.79. The van der Waals surface area contributed by atoms with E-state index in [-0.39, 0.29) is 0 Å². The zero-order valence-electron chi connectivity index (χ0n) is 6.93. The van der Waals surface area contributed by atoms with Gasteiger partial charge in [0, 0.05) is 6.08 Å². The van der Waals surface area contributed by atoms with Gasteiger partial charge in [-0.3, -0.25) is 0 Å². The van der Waals surface area contributed by atoms with E-state index in [1.807, 2.05) is 30.3 Å². The maximum atomic E-state index is 9.92. The van der Waals surface area contributed by atoms with E-state index in [1.54, 1.807) is 0 Å². The molecule has 0 aliphatic heterocycles. The molecule has 0 radical (unpaired) electrons. The summed E-state index contributed by atoms with van der Waals surface area (Å²) in [6, 6.07) is 9.51. The first-order valence-corrected chi connectivity index (χ1v) is 3.79. The molecule has 0 amide bonds. The van der Waals surface area contributed by atoms with Crippen LogP contribution in [0.2, 0.25) is 0 Å². The van der Waals surface area contributed by atoms with Crippen molar-refractivity contribution in [3.63, 3.8) is 0 Å². The van der Waals surface area contributed by atoms with Crippen LogP contribution < -0.4 is 5.11 Å². The Kier molecular flexibility index (Phi) is 3.48. The van der Waals surface area contributed by atoms with Crippen LogP contribution in [-0.4, -0.2) is 11.8 Å². The van der Waals surface area contributed by atoms with Crippen LogP contribution in [0.4, 0.5) is 0 Å². The lowest BCUT2D eigenvalue weighted by Gasteiger charge is -1.91. The number of carboxylic acid groups (broad SMARTS) is 1. The Labute approximate surface area is 76.1 Å². The fourth-order valence-electron chi connectivity index (χ4n) is 0.819. The van der Waals surface area contributed by atoms with Crippen molar-refractivity contribution < 1.29 is 9.90 Å². The van der Waals surface area contributed by atoms with Crippen molar-refractivity contribution in [1.82, 2.24) is 0 Å². The molecule has 0 aromatic heterocycles. The van der Waals surface area contributed by atoms with Gasteiger partial charge in [-0.2, -0.15) is 0 Å². The van der Waals surface area contributed by atoms with Crippen molar-refractivity contribution in [1.29, 1.82) is 0 Å². The third-order valence-electron chi connectivity index (χ3n) is 1.38. The molecule has 0 fully saturated rings. The highest BCUT2D eigenvalue weighted by Gasteiger charge is 1.84. The number of hydrogen-bond donors (Lipinski definition) is 0. The monoisotopic (exact) mass is 174 g/mol. The lowest BCUT2D eigenvalue weighted by Crippen LogP contribution is -2.18. The Bertz CT molecular complexity index is 337. The number of carbonyl (C=O) groups is 1. The maximum absolute atomic E-state index is 9.92. The first kappa shape index (κ1) is 9.23. The molecule has 0 saturated heterocycles. The number of rotatable bonds is 3. The topological polar surface area (TPSA) is 52.5 Å². The highest BCUT2D eigenvalue weighted by atomic mass is 16.4. The van der Waals surface area contributed by atoms with Gasteiger partial charge in [0.2, 0.25) is 0 Å². The molecule has 0 spiro atoms. The Hall–Kier alpha value is -1.86. The third kappa shape index (κ3) is 3.89. The Morgan fingerprint density at radius 2 is 2.15 bits per heavy atom. The van der Waals surface area contributed by atoms with Crippen LogP contribution in [0.5, 0.6) is 0 Å². The van der Waals surface area contributed by atoms with E-state index in [2.05, 4.69) is 10.9 Å². The Morgan fingerprint density at radius 3 is 2.77 bits per heavy atom. The van der Waals surface area contributed by atoms with E-state index in [1.165, 1.54) is 0 Å². The number of nitrogens with zero attached hydrogens (tertiary/aromatic N) is 1. The zero-order valence-corrected chi connectivity index (χ0v) is 6.93. The van der Waals surface area contributed by atoms with Gasteiger partial charge >= 0.3 is 0 Å². The van der Waals surface area contributed by atoms with Gasteiger partial charge in [0.25, 0.3) is 0 Å². The average molecular weight is 174 g/mol. The van der Waals surface area contributed by atoms with Crippen molar-refractivity contribution in [3.8, 4) is 0 Å². The van der Waals surface area contributed by atoms with Crippen LogP contribution in [0.15, 0.2) is 41.4 Å². The molecule has 1 rings (SSSR count). The van der Waals surface area contributed by atoms with Crippen molar-refractivity contribution in [2.75, 3.05) is 0 Å². The minimum absolute atomic E-state index is 0.435. The van der Waals surface area contributed by atoms with Gasteiger partial charge in [0.15, 0.2) is 0 Å². The van der Waals surface area contributed by atoms with Crippen molar-refractivity contribution in [3.05, 3.63) is 42.0 Å². The molecule has 0 N–H and O–H groups in total. The van der Waals surface area contributed by atoms with E-state index in [0.29, 0.717) is 6.54 Å². The van der Waals surface area contributed by atoms with Crippen LogP contribution in [0, 0.1) is 0 Å². The van der Waals surface area contributed by atoms with E-state index in [9.17, 15) is 9.90 Å². The molecule has 0 aliphatic carbocycles. The largest absolute Gasteiger partial charge is 0.545 e. The molecule has 0 aliphatic rings. The minimum atomic E-state index is -1.28. The summed E-state index contributed by atoms with van der Waals surface area (Å²) >= 11 is 0. The smallest absolute Gasteiger partial charge is 0.0735 e. The van der Waals surface area contributed by atoms with Crippen molar-refractivity contribution in [2.45, 2.75) is 6.54 Å². The predicted molar refractivity (Wildman–Crippen MR) is 47.2 cm³/mol. The summed E-state index contributed by atoms with van der Waals surface area (Å²) in [5.41, 5.74) is 1.02. The lowest BCUT2D eigenvalue weighted by atomic mass is 10.2. The summed E-state index contributed by atoms with van der Waals surface area (Å²) < 4.78 is 0. The molecule has 1 aromatic rings. The second-order valence-electron chi connectivity index (χ2n) is 2.39. The molecule has 3 nitrogen and oxygen atoms in total. The van der Waals surface area contributed by atoms with E-state index >= 15 is 0 Å². The second-order valence-corrected chi connectivity index (χ2v) is 2.39. The lowest BCUT2D eigenvalue weighted by molar-refractivity contribution is -0.297. The predicted octanol–water partition coefficient (Wildman–Crippen LogP) is 0.162. The van der Waals surface area contributed by atoms with Crippen LogP contribution in [-0.2, 0) is 11.3 Å². The molecule has 66 valence electrons. The summed E-state index contributed by atoms with van der Waals surface area (Å²) in [7, 11) is 0. The Balaban J connectivity index is 2.53. The molecular weight excluding hydrogens is 166 g/mol. The second kappa shape index (κ2) is 4.91. The van der Waals surface area contributed by atoms with Crippen molar-refractivity contribution in [2.24, 2.45) is 4.99 Å². The van der Waals surface area contributed by atoms with Gasteiger partial charge in [0.1, 0.15) is 0 Å². The van der Waals surface area contributed by atoms with E-state index in [4.69, 9.17) is 0 Å². The molecule has 0 saturated carbocycles. The summed E-state index contributed by atoms with van der Waals surface area (Å²) in [4.78, 5) is 13.7. The summed E-state index contributed by atoms with van der Waals surface area (Å²) in [5.74, 6) is 0.991. The number of benzene rings is 1. The van der Waals surface area contributed by atoms with Gasteiger partial charge in [-0.25, -0.2) is 4.99 Å². The van der Waals surface area contributed by atoms with Gasteiger partial charge in [-0.05, 0) is 11.4 Å². The van der Waals surface area contributed by atoms with Crippen LogP contribution >= 0.6 is 0 Å². The first-order chi connectivity index (χ1) is 6.29. The molecule has 0 unspecified atom stereocenters. The SMILES string of the molecule is O=C([O-])C=C=NCc1ccccc1. The molecule has 3 heteroatoms. The molecule has 0 atom stereocenters. The van der Waals surface area contributed by atoms with Crippen LogP contribution in [0.25, 0.3) is 0 Å². The zero-order chi connectivity index (χ0) is 9.52. The van der Waals surface area contributed by atoms with Gasteiger partial charge in [-0.1, -0.05) is 30.3 Å². The fraction of sp³-hybridized carbons (Fsp3) is 0.100. The van der Waals surface area contributed by atoms with E-state index < -0.39 is 5.97 Å². The van der Waals surface area contributed by atoms with Gasteiger partial charge < -0.3 is 9.90 Å². The average Bonchev–Trinajstić information content (AvgIpc) is 2.14. The fourth-order valence-corrected chi connectivity index (χ4v) is 0.819. The van der Waals surface area contributed by atoms with Gasteiger partial charge in [-0.15, -0.1) is 0 Å². The number of carbonyl (C=O) groups excluding carboxylic acids is 1. The summed E-state index contributed by atoms with van der Waals surface area (Å²) in [6.45, 7) is 0.435. The van der Waals surface area contributed by atoms with Crippen LogP contribution in [0.1, 0.15) is 5.56 Å². The molecule has 13 heavy (non-hydrogen) atoms. The van der Waals surface area contributed by atoms with Crippen LogP contribution in [0.3, 0.4) is 0 Å². The molecule has 0 bridgehead atoms. The number of aliphatic imine (C=N–C) groups is 1. The quantitative estimate of drug-likeness (QED) is 0.484. The highest BCUT2D eigenvalue weighted by Crippen LogP contribution is 1.98.